The highest BCUT2D eigenvalue weighted by molar-refractivity contribution is 5.88. The molecule has 0 atom stereocenters. The molecule has 0 aliphatic rings. The number of nitrogens with one attached hydrogen (secondary N) is 1. The van der Waals surface area contributed by atoms with Gasteiger partial charge < -0.3 is 10.2 Å². The second-order valence-electron chi connectivity index (χ2n) is 5.60. The summed E-state index contributed by atoms with van der Waals surface area (Å²) in [5.74, 6) is 0.877. The van der Waals surface area contributed by atoms with Crippen LogP contribution in [0.5, 0.6) is 0 Å². The summed E-state index contributed by atoms with van der Waals surface area (Å²) in [6.45, 7) is 2.89. The lowest BCUT2D eigenvalue weighted by Gasteiger charge is -2.15. The zero-order valence-corrected chi connectivity index (χ0v) is 13.2. The van der Waals surface area contributed by atoms with Crippen LogP contribution in [0.3, 0.4) is 0 Å². The van der Waals surface area contributed by atoms with Crippen LogP contribution in [-0.2, 0) is 6.54 Å². The number of aromatic nitrogens is 2. The molecular formula is C18H20N4. The fourth-order valence-corrected chi connectivity index (χ4v) is 2.48. The number of hydrogen-bond acceptors (Lipinski definition) is 4. The van der Waals surface area contributed by atoms with Gasteiger partial charge in [-0.05, 0) is 42.3 Å². The fourth-order valence-electron chi connectivity index (χ4n) is 2.48. The molecule has 0 aliphatic heterocycles. The van der Waals surface area contributed by atoms with Gasteiger partial charge in [0.15, 0.2) is 0 Å². The van der Waals surface area contributed by atoms with Crippen molar-refractivity contribution in [3.63, 3.8) is 0 Å². The average Bonchev–Trinajstić information content (AvgIpc) is 2.53. The topological polar surface area (TPSA) is 41.0 Å². The van der Waals surface area contributed by atoms with Crippen LogP contribution in [0, 0.1) is 6.92 Å². The third-order valence-electron chi connectivity index (χ3n) is 3.83. The molecule has 4 heteroatoms. The van der Waals surface area contributed by atoms with Crippen LogP contribution in [-0.4, -0.2) is 24.1 Å². The van der Waals surface area contributed by atoms with E-state index in [0.717, 1.165) is 23.3 Å². The molecule has 1 heterocycles. The Morgan fingerprint density at radius 2 is 1.86 bits per heavy atom. The van der Waals surface area contributed by atoms with Crippen molar-refractivity contribution in [2.75, 3.05) is 24.3 Å². The monoisotopic (exact) mass is 292 g/mol. The highest BCUT2D eigenvalue weighted by Crippen LogP contribution is 2.21. The van der Waals surface area contributed by atoms with E-state index in [1.165, 1.54) is 16.8 Å². The van der Waals surface area contributed by atoms with Crippen molar-refractivity contribution < 1.29 is 0 Å². The van der Waals surface area contributed by atoms with Gasteiger partial charge in [0, 0.05) is 31.7 Å². The Morgan fingerprint density at radius 3 is 2.64 bits per heavy atom. The summed E-state index contributed by atoms with van der Waals surface area (Å²) in [4.78, 5) is 10.8. The van der Waals surface area contributed by atoms with E-state index in [1.54, 1.807) is 6.33 Å². The smallest absolute Gasteiger partial charge is 0.137 e. The van der Waals surface area contributed by atoms with Crippen molar-refractivity contribution in [3.05, 3.63) is 59.9 Å². The van der Waals surface area contributed by atoms with Gasteiger partial charge in [-0.2, -0.15) is 0 Å². The molecule has 3 aromatic rings. The first-order chi connectivity index (χ1) is 10.6. The van der Waals surface area contributed by atoms with Crippen LogP contribution in [0.15, 0.2) is 48.8 Å². The molecule has 112 valence electrons. The molecule has 2 aromatic carbocycles. The Balaban J connectivity index is 1.82. The standard InChI is InChI=1S/C18H20N4/c1-13-10-15(22(2)3)9-8-14(13)11-19-18-16-6-4-5-7-17(16)20-12-21-18/h4-10,12H,11H2,1-3H3,(H,19,20,21). The van der Waals surface area contributed by atoms with Gasteiger partial charge in [-0.1, -0.05) is 18.2 Å². The number of nitrogens with zero attached hydrogens (tertiary/aromatic N) is 3. The first kappa shape index (κ1) is 14.3. The number of anilines is 2. The van der Waals surface area contributed by atoms with Crippen LogP contribution in [0.4, 0.5) is 11.5 Å². The lowest BCUT2D eigenvalue weighted by molar-refractivity contribution is 1.07. The van der Waals surface area contributed by atoms with Gasteiger partial charge in [0.25, 0.3) is 0 Å². The molecular weight excluding hydrogens is 272 g/mol. The van der Waals surface area contributed by atoms with Crippen molar-refractivity contribution in [2.45, 2.75) is 13.5 Å². The van der Waals surface area contributed by atoms with Gasteiger partial charge >= 0.3 is 0 Å². The first-order valence-corrected chi connectivity index (χ1v) is 7.35. The molecule has 3 rings (SSSR count). The molecule has 0 saturated carbocycles. The van der Waals surface area contributed by atoms with Gasteiger partial charge in [-0.3, -0.25) is 0 Å². The fraction of sp³-hybridized carbons (Fsp3) is 0.222. The van der Waals surface area contributed by atoms with E-state index in [1.807, 2.05) is 24.3 Å². The summed E-state index contributed by atoms with van der Waals surface area (Å²) in [6, 6.07) is 14.6. The molecule has 0 amide bonds. The Kier molecular flexibility index (Phi) is 3.92. The zero-order valence-electron chi connectivity index (χ0n) is 13.2. The summed E-state index contributed by atoms with van der Waals surface area (Å²) in [7, 11) is 4.11. The third-order valence-corrected chi connectivity index (χ3v) is 3.83. The van der Waals surface area contributed by atoms with Gasteiger partial charge in [0.05, 0.1) is 5.52 Å². The second-order valence-corrected chi connectivity index (χ2v) is 5.60. The van der Waals surface area contributed by atoms with Crippen molar-refractivity contribution in [1.82, 2.24) is 9.97 Å². The van der Waals surface area contributed by atoms with Crippen LogP contribution >= 0.6 is 0 Å². The maximum Gasteiger partial charge on any atom is 0.137 e. The summed E-state index contributed by atoms with van der Waals surface area (Å²) >= 11 is 0. The van der Waals surface area contributed by atoms with Crippen molar-refractivity contribution in [3.8, 4) is 0 Å². The molecule has 0 bridgehead atoms. The molecule has 0 spiro atoms. The predicted octanol–water partition coefficient (Wildman–Crippen LogP) is 3.62. The highest BCUT2D eigenvalue weighted by Gasteiger charge is 2.05. The Bertz CT molecular complexity index is 791. The molecule has 0 unspecified atom stereocenters. The van der Waals surface area contributed by atoms with Gasteiger partial charge in [0.2, 0.25) is 0 Å². The van der Waals surface area contributed by atoms with Gasteiger partial charge in [0.1, 0.15) is 12.1 Å². The molecule has 1 N–H and O–H groups in total. The highest BCUT2D eigenvalue weighted by atomic mass is 15.1. The Morgan fingerprint density at radius 1 is 1.05 bits per heavy atom. The summed E-state index contributed by atoms with van der Waals surface area (Å²) in [5.41, 5.74) is 4.72. The molecule has 22 heavy (non-hydrogen) atoms. The van der Waals surface area contributed by atoms with Crippen molar-refractivity contribution in [2.24, 2.45) is 0 Å². The van der Waals surface area contributed by atoms with Gasteiger partial charge in [-0.25, -0.2) is 9.97 Å². The largest absolute Gasteiger partial charge is 0.378 e. The maximum atomic E-state index is 4.37. The van der Waals surface area contributed by atoms with E-state index in [2.05, 4.69) is 59.4 Å². The minimum absolute atomic E-state index is 0.751. The summed E-state index contributed by atoms with van der Waals surface area (Å²) < 4.78 is 0. The normalized spacial score (nSPS) is 10.7. The summed E-state index contributed by atoms with van der Waals surface area (Å²) in [5, 5.41) is 4.48. The van der Waals surface area contributed by atoms with Crippen LogP contribution in [0.2, 0.25) is 0 Å². The molecule has 0 fully saturated rings. The number of hydrogen-bond donors (Lipinski definition) is 1. The zero-order chi connectivity index (χ0) is 15.5. The molecule has 0 saturated heterocycles. The SMILES string of the molecule is Cc1cc(N(C)C)ccc1CNc1ncnc2ccccc12. The molecule has 4 nitrogen and oxygen atoms in total. The Labute approximate surface area is 130 Å². The van der Waals surface area contributed by atoms with Crippen LogP contribution in [0.25, 0.3) is 10.9 Å². The van der Waals surface area contributed by atoms with E-state index in [0.29, 0.717) is 0 Å². The number of fused-ring (bicyclic) bond motifs is 1. The Hall–Kier alpha value is -2.62. The lowest BCUT2D eigenvalue weighted by Crippen LogP contribution is -2.10. The van der Waals surface area contributed by atoms with Gasteiger partial charge in [-0.15, -0.1) is 0 Å². The van der Waals surface area contributed by atoms with Crippen molar-refractivity contribution in [1.29, 1.82) is 0 Å². The first-order valence-electron chi connectivity index (χ1n) is 7.35. The molecule has 1 aromatic heterocycles. The van der Waals surface area contributed by atoms with Crippen molar-refractivity contribution >= 4 is 22.4 Å². The number of rotatable bonds is 4. The van der Waals surface area contributed by atoms with E-state index < -0.39 is 0 Å². The van der Waals surface area contributed by atoms with Crippen LogP contribution in [0.1, 0.15) is 11.1 Å². The maximum absolute atomic E-state index is 4.37. The van der Waals surface area contributed by atoms with E-state index in [9.17, 15) is 0 Å². The summed E-state index contributed by atoms with van der Waals surface area (Å²) in [6.07, 6.45) is 1.60. The minimum atomic E-state index is 0.751. The van der Waals surface area contributed by atoms with E-state index in [-0.39, 0.29) is 0 Å². The second kappa shape index (κ2) is 6.02. The number of benzene rings is 2. The molecule has 0 radical (unpaired) electrons. The average molecular weight is 292 g/mol. The van der Waals surface area contributed by atoms with E-state index in [4.69, 9.17) is 0 Å². The third kappa shape index (κ3) is 2.86. The van der Waals surface area contributed by atoms with Crippen LogP contribution < -0.4 is 10.2 Å². The predicted molar refractivity (Wildman–Crippen MR) is 92.4 cm³/mol. The van der Waals surface area contributed by atoms with E-state index >= 15 is 0 Å². The lowest BCUT2D eigenvalue weighted by atomic mass is 10.1. The minimum Gasteiger partial charge on any atom is -0.378 e. The quantitative estimate of drug-likeness (QED) is 0.797. The number of aryl methyl sites for hydroxylation is 1. The molecule has 0 aliphatic carbocycles. The number of para-hydroxylation sites is 1.